The third-order valence-corrected chi connectivity index (χ3v) is 7.61. The van der Waals surface area contributed by atoms with Crippen LogP contribution in [0.25, 0.3) is 0 Å². The smallest absolute Gasteiger partial charge is 0.444 e. The Balaban J connectivity index is 1.87. The third kappa shape index (κ3) is 7.96. The Bertz CT molecular complexity index is 1420. The Morgan fingerprint density at radius 3 is 2.17 bits per heavy atom. The summed E-state index contributed by atoms with van der Waals surface area (Å²) in [7, 11) is -2.85. The number of nitrogens with one attached hydrogen (secondary N) is 2. The second-order valence-corrected chi connectivity index (χ2v) is 15.6. The summed E-state index contributed by atoms with van der Waals surface area (Å²) in [6.07, 6.45) is -9.02. The number of anilines is 3. The van der Waals surface area contributed by atoms with Gasteiger partial charge in [-0.2, -0.15) is 9.97 Å². The molecular weight excluding hydrogens is 637 g/mol. The molecule has 4 rings (SSSR count). The summed E-state index contributed by atoms with van der Waals surface area (Å²) in [4.78, 5) is 48.4. The van der Waals surface area contributed by atoms with Crippen LogP contribution in [0.3, 0.4) is 0 Å². The quantitative estimate of drug-likeness (QED) is 0.155. The van der Waals surface area contributed by atoms with Crippen molar-refractivity contribution in [2.45, 2.75) is 110 Å². The molecule has 19 nitrogen and oxygen atoms in total. The van der Waals surface area contributed by atoms with E-state index in [9.17, 15) is 29.2 Å². The van der Waals surface area contributed by atoms with Crippen LogP contribution in [-0.2, 0) is 37.3 Å². The van der Waals surface area contributed by atoms with Crippen molar-refractivity contribution in [3.8, 4) is 5.88 Å². The molecule has 5 atom stereocenters. The van der Waals surface area contributed by atoms with Gasteiger partial charge in [0.1, 0.15) is 28.5 Å². The third-order valence-electron chi connectivity index (χ3n) is 6.04. The number of nitrogens with zero attached hydrogens (tertiary/aromatic N) is 3. The van der Waals surface area contributed by atoms with Gasteiger partial charge in [0.05, 0.1) is 0 Å². The highest BCUT2D eigenvalue weighted by molar-refractivity contribution is 7.53. The highest BCUT2D eigenvalue weighted by Gasteiger charge is 2.65. The molecule has 3 aliphatic rings. The maximum absolute atomic E-state index is 13.8. The Kier molecular flexibility index (Phi) is 9.30. The Labute approximate surface area is 264 Å². The molecule has 258 valence electrons. The lowest BCUT2D eigenvalue weighted by Gasteiger charge is -2.54. The Morgan fingerprint density at radius 2 is 1.61 bits per heavy atom. The van der Waals surface area contributed by atoms with Crippen molar-refractivity contribution in [1.29, 1.82) is 0 Å². The molecule has 0 aromatic carbocycles. The topological polar surface area (TPSA) is 236 Å². The summed E-state index contributed by atoms with van der Waals surface area (Å²) in [6, 6.07) is -1.74. The molecule has 4 N–H and O–H groups in total. The number of hydrogen-bond acceptors (Lipinski definition) is 17. The summed E-state index contributed by atoms with van der Waals surface area (Å²) < 4.78 is 56.1. The molecule has 0 radical (unpaired) electrons. The summed E-state index contributed by atoms with van der Waals surface area (Å²) in [5.74, 6) is -4.49. The van der Waals surface area contributed by atoms with Crippen LogP contribution in [0.1, 0.15) is 62.3 Å². The van der Waals surface area contributed by atoms with Gasteiger partial charge in [0.2, 0.25) is 11.7 Å². The van der Waals surface area contributed by atoms with E-state index in [0.29, 0.717) is 0 Å². The van der Waals surface area contributed by atoms with Crippen molar-refractivity contribution in [3.63, 3.8) is 0 Å². The molecule has 2 amide bonds. The molecule has 20 heteroatoms. The van der Waals surface area contributed by atoms with E-state index >= 15 is 0 Å². The first-order chi connectivity index (χ1) is 20.9. The number of aromatic nitrogens is 2. The fourth-order valence-electron chi connectivity index (χ4n) is 4.36. The normalized spacial score (nSPS) is 27.2. The van der Waals surface area contributed by atoms with Crippen LogP contribution in [0.15, 0.2) is 0 Å². The molecule has 3 aliphatic heterocycles. The number of carbonyl (C=O) groups is 3. The SMILES string of the molecule is COP1(=O)CO[C@H]2O[C@@H]3[C@@H](Nc4c(OC(=O)OC(C)(C)C)nc(NC(=O)OC(C)(C)C)nc4N3C(=O)OC(C)(C)C)C(O)(O)[C@H]2O1. The summed E-state index contributed by atoms with van der Waals surface area (Å²) >= 11 is 0. The molecule has 1 aromatic heterocycles. The molecule has 0 aliphatic carbocycles. The van der Waals surface area contributed by atoms with Crippen LogP contribution < -0.4 is 20.3 Å². The maximum Gasteiger partial charge on any atom is 0.515 e. The number of amides is 2. The average molecular weight is 678 g/mol. The van der Waals surface area contributed by atoms with Crippen LogP contribution >= 0.6 is 7.60 Å². The average Bonchev–Trinajstić information content (AvgIpc) is 2.85. The van der Waals surface area contributed by atoms with Crippen molar-refractivity contribution in [2.24, 2.45) is 0 Å². The summed E-state index contributed by atoms with van der Waals surface area (Å²) in [5.41, 5.74) is -3.36. The van der Waals surface area contributed by atoms with Gasteiger partial charge in [0.25, 0.3) is 5.88 Å². The second-order valence-electron chi connectivity index (χ2n) is 13.5. The fraction of sp³-hybridized carbons (Fsp3) is 0.731. The molecule has 0 spiro atoms. The lowest BCUT2D eigenvalue weighted by atomic mass is 9.93. The number of rotatable bonds is 3. The summed E-state index contributed by atoms with van der Waals surface area (Å²) in [6.45, 7) is 14.4. The van der Waals surface area contributed by atoms with Crippen LogP contribution in [-0.4, -0.2) is 99.2 Å². The van der Waals surface area contributed by atoms with E-state index in [1.54, 1.807) is 62.3 Å². The molecule has 46 heavy (non-hydrogen) atoms. The van der Waals surface area contributed by atoms with Crippen LogP contribution in [0.2, 0.25) is 0 Å². The number of fused-ring (bicyclic) bond motifs is 3. The molecule has 2 fully saturated rings. The molecule has 0 bridgehead atoms. The zero-order chi connectivity index (χ0) is 34.6. The number of ether oxygens (including phenoxy) is 6. The largest absolute Gasteiger partial charge is 0.515 e. The van der Waals surface area contributed by atoms with E-state index in [2.05, 4.69) is 20.6 Å². The number of aliphatic hydroxyl groups is 2. The van der Waals surface area contributed by atoms with Gasteiger partial charge in [-0.3, -0.25) is 14.4 Å². The van der Waals surface area contributed by atoms with E-state index in [-0.39, 0.29) is 11.5 Å². The van der Waals surface area contributed by atoms with Gasteiger partial charge >= 0.3 is 25.9 Å². The van der Waals surface area contributed by atoms with Gasteiger partial charge in [0, 0.05) is 7.11 Å². The fourth-order valence-corrected chi connectivity index (χ4v) is 5.54. The molecule has 1 aromatic rings. The van der Waals surface area contributed by atoms with Crippen molar-refractivity contribution in [1.82, 2.24) is 9.97 Å². The van der Waals surface area contributed by atoms with E-state index in [1.165, 1.54) is 0 Å². The molecule has 2 saturated heterocycles. The van der Waals surface area contributed by atoms with Crippen LogP contribution in [0, 0.1) is 0 Å². The first-order valence-corrected chi connectivity index (χ1v) is 15.8. The van der Waals surface area contributed by atoms with E-state index in [0.717, 1.165) is 12.0 Å². The Morgan fingerprint density at radius 1 is 1.00 bits per heavy atom. The monoisotopic (exact) mass is 677 g/mol. The minimum absolute atomic E-state index is 0.353. The highest BCUT2D eigenvalue weighted by Crippen LogP contribution is 2.56. The predicted octanol–water partition coefficient (Wildman–Crippen LogP) is 3.25. The second kappa shape index (κ2) is 12.0. The first-order valence-electron chi connectivity index (χ1n) is 14.1. The predicted molar refractivity (Wildman–Crippen MR) is 156 cm³/mol. The van der Waals surface area contributed by atoms with E-state index in [4.69, 9.17) is 37.5 Å². The van der Waals surface area contributed by atoms with Crippen molar-refractivity contribution >= 4 is 43.4 Å². The molecular formula is C26H40N5O14P. The van der Waals surface area contributed by atoms with E-state index in [1.807, 2.05) is 0 Å². The lowest BCUT2D eigenvalue weighted by Crippen LogP contribution is -2.75. The van der Waals surface area contributed by atoms with Crippen molar-refractivity contribution < 1.29 is 66.6 Å². The number of hydrogen-bond donors (Lipinski definition) is 4. The van der Waals surface area contributed by atoms with Gasteiger partial charge in [-0.1, -0.05) is 0 Å². The Hall–Kier alpha value is -3.32. The highest BCUT2D eigenvalue weighted by atomic mass is 31.2. The first kappa shape index (κ1) is 35.5. The zero-order valence-corrected chi connectivity index (χ0v) is 28.0. The molecule has 4 heterocycles. The van der Waals surface area contributed by atoms with Crippen LogP contribution in [0.4, 0.5) is 31.8 Å². The van der Waals surface area contributed by atoms with Crippen molar-refractivity contribution in [3.05, 3.63) is 0 Å². The minimum atomic E-state index is -3.94. The minimum Gasteiger partial charge on any atom is -0.444 e. The number of carbonyl (C=O) groups excluding carboxylic acids is 3. The van der Waals surface area contributed by atoms with Crippen molar-refractivity contribution in [2.75, 3.05) is 29.0 Å². The van der Waals surface area contributed by atoms with Gasteiger partial charge in [-0.25, -0.2) is 19.3 Å². The zero-order valence-electron chi connectivity index (χ0n) is 27.1. The maximum atomic E-state index is 13.8. The van der Waals surface area contributed by atoms with Crippen LogP contribution in [0.5, 0.6) is 5.88 Å². The molecule has 0 saturated carbocycles. The van der Waals surface area contributed by atoms with E-state index < -0.39 is 91.4 Å². The van der Waals surface area contributed by atoms with Gasteiger partial charge in [-0.05, 0) is 62.3 Å². The van der Waals surface area contributed by atoms with Gasteiger partial charge < -0.3 is 48.5 Å². The lowest BCUT2D eigenvalue weighted by molar-refractivity contribution is -0.355. The molecule has 1 unspecified atom stereocenters. The van der Waals surface area contributed by atoms with Gasteiger partial charge in [0.15, 0.2) is 30.8 Å². The standard InChI is InChI=1S/C26H40N5O14P/c1-23(2,3)42-20(32)30-19-28-15-12(16(29-19)40-22(34)44-25(7,8)9)27-13-17(31(15)21(33)43-24(4,5)6)41-18-14(26(13,35)36)45-46(37,38-10)11-39-18/h13-14,17-18,27,35-36H,11H2,1-10H3,(H,28,29,30,32)/t13-,14+,17-,18+,46?/m1/s1. The van der Waals surface area contributed by atoms with Gasteiger partial charge in [-0.15, -0.1) is 0 Å². The summed E-state index contributed by atoms with van der Waals surface area (Å²) in [5, 5.41) is 28.0.